The first-order valence-corrected chi connectivity index (χ1v) is 5.63. The Morgan fingerprint density at radius 1 is 1.43 bits per heavy atom. The molecule has 0 atom stereocenters. The second-order valence-electron chi connectivity index (χ2n) is 3.63. The predicted molar refractivity (Wildman–Crippen MR) is 58.1 cm³/mol. The topological polar surface area (TPSA) is 22.1 Å². The van der Waals surface area contributed by atoms with Gasteiger partial charge in [-0.15, -0.1) is 11.3 Å². The maximum atomic E-state index is 5.29. The lowest BCUT2D eigenvalue weighted by Crippen LogP contribution is -1.83. The van der Waals surface area contributed by atoms with Gasteiger partial charge in [-0.3, -0.25) is 0 Å². The number of nitrogens with zero attached hydrogens (tertiary/aromatic N) is 1. The molecule has 3 rings (SSSR count). The van der Waals surface area contributed by atoms with Gasteiger partial charge in [-0.05, 0) is 25.0 Å². The minimum absolute atomic E-state index is 0.733. The molecular weight excluding hydrogens is 194 g/mol. The van der Waals surface area contributed by atoms with Crippen LogP contribution in [0.25, 0.3) is 10.2 Å². The van der Waals surface area contributed by atoms with Crippen LogP contribution in [-0.2, 0) is 0 Å². The molecule has 1 fully saturated rings. The highest BCUT2D eigenvalue weighted by atomic mass is 32.1. The molecule has 1 aromatic carbocycles. The molecule has 0 spiro atoms. The van der Waals surface area contributed by atoms with Crippen molar-refractivity contribution in [3.63, 3.8) is 0 Å². The molecule has 0 unspecified atom stereocenters. The molecule has 0 aliphatic heterocycles. The van der Waals surface area contributed by atoms with Crippen molar-refractivity contribution in [1.29, 1.82) is 0 Å². The Hall–Kier alpha value is -1.09. The van der Waals surface area contributed by atoms with E-state index in [1.165, 1.54) is 22.5 Å². The van der Waals surface area contributed by atoms with Crippen LogP contribution in [0.3, 0.4) is 0 Å². The molecule has 1 aliphatic carbocycles. The Labute approximate surface area is 86.5 Å². The number of rotatable bonds is 2. The molecule has 3 heteroatoms. The third-order valence-corrected chi connectivity index (χ3v) is 3.73. The Morgan fingerprint density at radius 3 is 3.00 bits per heavy atom. The zero-order valence-corrected chi connectivity index (χ0v) is 8.80. The third-order valence-electron chi connectivity index (χ3n) is 2.55. The van der Waals surface area contributed by atoms with Gasteiger partial charge in [0.15, 0.2) is 0 Å². The number of thiazole rings is 1. The lowest BCUT2D eigenvalue weighted by Gasteiger charge is -1.97. The molecule has 0 N–H and O–H groups in total. The molecule has 1 aliphatic rings. The number of ether oxygens (including phenoxy) is 1. The smallest absolute Gasteiger partial charge is 0.145 e. The molecule has 0 amide bonds. The van der Waals surface area contributed by atoms with Crippen LogP contribution in [-0.4, -0.2) is 12.1 Å². The van der Waals surface area contributed by atoms with Gasteiger partial charge in [-0.1, -0.05) is 6.07 Å². The summed E-state index contributed by atoms with van der Waals surface area (Å²) in [5.41, 5.74) is 1.03. The van der Waals surface area contributed by atoms with E-state index >= 15 is 0 Å². The van der Waals surface area contributed by atoms with Crippen LogP contribution >= 0.6 is 11.3 Å². The summed E-state index contributed by atoms with van der Waals surface area (Å²) in [6, 6.07) is 6.11. The number of aromatic nitrogens is 1. The van der Waals surface area contributed by atoms with E-state index < -0.39 is 0 Å². The van der Waals surface area contributed by atoms with Gasteiger partial charge in [-0.25, -0.2) is 4.98 Å². The Balaban J connectivity index is 2.20. The predicted octanol–water partition coefficient (Wildman–Crippen LogP) is 3.18. The summed E-state index contributed by atoms with van der Waals surface area (Å²) in [6.45, 7) is 0. The minimum Gasteiger partial charge on any atom is -0.494 e. The number of fused-ring (bicyclic) bond motifs is 1. The standard InChI is InChI=1S/C11H11NOS/c1-13-8-3-2-4-9-10(8)12-11(14-9)7-5-6-7/h2-4,7H,5-6H2,1H3. The maximum absolute atomic E-state index is 5.29. The molecule has 14 heavy (non-hydrogen) atoms. The van der Waals surface area contributed by atoms with E-state index in [1.807, 2.05) is 12.1 Å². The van der Waals surface area contributed by atoms with Crippen LogP contribution < -0.4 is 4.74 Å². The molecular formula is C11H11NOS. The van der Waals surface area contributed by atoms with Crippen molar-refractivity contribution in [2.75, 3.05) is 7.11 Å². The van der Waals surface area contributed by atoms with Gasteiger partial charge in [0, 0.05) is 5.92 Å². The van der Waals surface area contributed by atoms with E-state index in [0.29, 0.717) is 0 Å². The molecule has 0 radical (unpaired) electrons. The van der Waals surface area contributed by atoms with Gasteiger partial charge in [0.1, 0.15) is 11.3 Å². The number of hydrogen-bond acceptors (Lipinski definition) is 3. The molecule has 1 aromatic heterocycles. The molecule has 72 valence electrons. The fourth-order valence-corrected chi connectivity index (χ4v) is 2.76. The van der Waals surface area contributed by atoms with Crippen LogP contribution in [0.2, 0.25) is 0 Å². The summed E-state index contributed by atoms with van der Waals surface area (Å²) in [5.74, 6) is 1.63. The number of benzene rings is 1. The molecule has 0 saturated heterocycles. The third kappa shape index (κ3) is 1.20. The average molecular weight is 205 g/mol. The van der Waals surface area contributed by atoms with Gasteiger partial charge < -0.3 is 4.74 Å². The zero-order chi connectivity index (χ0) is 9.54. The van der Waals surface area contributed by atoms with Gasteiger partial charge in [-0.2, -0.15) is 0 Å². The van der Waals surface area contributed by atoms with Crippen LogP contribution in [0.5, 0.6) is 5.75 Å². The van der Waals surface area contributed by atoms with E-state index in [9.17, 15) is 0 Å². The lowest BCUT2D eigenvalue weighted by molar-refractivity contribution is 0.419. The number of hydrogen-bond donors (Lipinski definition) is 0. The second-order valence-corrected chi connectivity index (χ2v) is 4.70. The van der Waals surface area contributed by atoms with Gasteiger partial charge in [0.2, 0.25) is 0 Å². The molecule has 2 aromatic rings. The lowest BCUT2D eigenvalue weighted by atomic mass is 10.3. The van der Waals surface area contributed by atoms with Crippen LogP contribution in [0.1, 0.15) is 23.8 Å². The van der Waals surface area contributed by atoms with E-state index in [1.54, 1.807) is 18.4 Å². The Morgan fingerprint density at radius 2 is 2.29 bits per heavy atom. The quantitative estimate of drug-likeness (QED) is 0.751. The van der Waals surface area contributed by atoms with Crippen molar-refractivity contribution >= 4 is 21.6 Å². The van der Waals surface area contributed by atoms with Crippen molar-refractivity contribution in [3.8, 4) is 5.75 Å². The highest BCUT2D eigenvalue weighted by Gasteiger charge is 2.27. The summed E-state index contributed by atoms with van der Waals surface area (Å²) in [5, 5.41) is 1.28. The van der Waals surface area contributed by atoms with Crippen molar-refractivity contribution in [2.45, 2.75) is 18.8 Å². The maximum Gasteiger partial charge on any atom is 0.145 e. The van der Waals surface area contributed by atoms with Crippen molar-refractivity contribution in [1.82, 2.24) is 4.98 Å². The molecule has 2 nitrogen and oxygen atoms in total. The minimum atomic E-state index is 0.733. The highest BCUT2D eigenvalue weighted by molar-refractivity contribution is 7.18. The van der Waals surface area contributed by atoms with Gasteiger partial charge in [0.25, 0.3) is 0 Å². The van der Waals surface area contributed by atoms with Crippen molar-refractivity contribution < 1.29 is 4.74 Å². The van der Waals surface area contributed by atoms with Crippen molar-refractivity contribution in [2.24, 2.45) is 0 Å². The fourth-order valence-electron chi connectivity index (χ4n) is 1.61. The summed E-state index contributed by atoms with van der Waals surface area (Å²) in [4.78, 5) is 4.64. The van der Waals surface area contributed by atoms with E-state index in [-0.39, 0.29) is 0 Å². The zero-order valence-electron chi connectivity index (χ0n) is 7.99. The normalized spacial score (nSPS) is 16.1. The average Bonchev–Trinajstić information content (AvgIpc) is 2.97. The summed E-state index contributed by atoms with van der Waals surface area (Å²) >= 11 is 1.81. The van der Waals surface area contributed by atoms with Crippen LogP contribution in [0.15, 0.2) is 18.2 Å². The summed E-state index contributed by atoms with van der Waals surface area (Å²) in [6.07, 6.45) is 2.62. The summed E-state index contributed by atoms with van der Waals surface area (Å²) in [7, 11) is 1.70. The number of para-hydroxylation sites is 1. The molecule has 1 heterocycles. The first-order valence-electron chi connectivity index (χ1n) is 4.82. The Bertz CT molecular complexity index is 473. The van der Waals surface area contributed by atoms with Crippen LogP contribution in [0.4, 0.5) is 0 Å². The molecule has 0 bridgehead atoms. The SMILES string of the molecule is COc1cccc2sc(C3CC3)nc12. The largest absolute Gasteiger partial charge is 0.494 e. The number of methoxy groups -OCH3 is 1. The first kappa shape index (κ1) is 8.24. The van der Waals surface area contributed by atoms with Gasteiger partial charge >= 0.3 is 0 Å². The van der Waals surface area contributed by atoms with E-state index in [0.717, 1.165) is 17.2 Å². The fraction of sp³-hybridized carbons (Fsp3) is 0.364. The van der Waals surface area contributed by atoms with Crippen molar-refractivity contribution in [3.05, 3.63) is 23.2 Å². The highest BCUT2D eigenvalue weighted by Crippen LogP contribution is 2.44. The second kappa shape index (κ2) is 2.95. The first-order chi connectivity index (χ1) is 6.88. The van der Waals surface area contributed by atoms with Gasteiger partial charge in [0.05, 0.1) is 16.8 Å². The molecule has 1 saturated carbocycles. The Kier molecular flexibility index (Phi) is 1.74. The van der Waals surface area contributed by atoms with Crippen LogP contribution in [0, 0.1) is 0 Å². The van der Waals surface area contributed by atoms with E-state index in [2.05, 4.69) is 11.1 Å². The monoisotopic (exact) mass is 205 g/mol. The van der Waals surface area contributed by atoms with E-state index in [4.69, 9.17) is 4.74 Å². The summed E-state index contributed by atoms with van der Waals surface area (Å²) < 4.78 is 6.53.